The highest BCUT2D eigenvalue weighted by Gasteiger charge is 2.27. The van der Waals surface area contributed by atoms with Crippen LogP contribution in [0.4, 0.5) is 5.13 Å². The molecule has 1 atom stereocenters. The zero-order valence-electron chi connectivity index (χ0n) is 15.5. The Morgan fingerprint density at radius 1 is 1.32 bits per heavy atom. The largest absolute Gasteiger partial charge is 0.497 e. The molecule has 0 aliphatic carbocycles. The van der Waals surface area contributed by atoms with Gasteiger partial charge in [0.25, 0.3) is 0 Å². The molecule has 3 rings (SSSR count). The molecule has 1 aliphatic heterocycles. The summed E-state index contributed by atoms with van der Waals surface area (Å²) < 4.78 is 5.12. The Morgan fingerprint density at radius 3 is 2.79 bits per heavy atom. The average Bonchev–Trinajstić information content (AvgIpc) is 3.31. The number of carbonyl (C=O) groups is 3. The molecule has 28 heavy (non-hydrogen) atoms. The monoisotopic (exact) mass is 402 g/mol. The predicted molar refractivity (Wildman–Crippen MR) is 105 cm³/mol. The third-order valence-electron chi connectivity index (χ3n) is 4.33. The van der Waals surface area contributed by atoms with E-state index in [1.54, 1.807) is 12.5 Å². The molecule has 1 saturated heterocycles. The van der Waals surface area contributed by atoms with Crippen LogP contribution in [0.2, 0.25) is 0 Å². The second-order valence-electron chi connectivity index (χ2n) is 6.42. The Bertz CT molecular complexity index is 850. The number of rotatable bonds is 8. The van der Waals surface area contributed by atoms with Gasteiger partial charge in [0.05, 0.1) is 19.2 Å². The molecule has 0 spiro atoms. The molecule has 0 bridgehead atoms. The lowest BCUT2D eigenvalue weighted by molar-refractivity contribution is -0.122. The molecule has 148 valence electrons. The zero-order valence-corrected chi connectivity index (χ0v) is 16.3. The Hall–Kier alpha value is -2.94. The summed E-state index contributed by atoms with van der Waals surface area (Å²) in [5.74, 6) is 0.274. The molecular weight excluding hydrogens is 380 g/mol. The third kappa shape index (κ3) is 5.53. The van der Waals surface area contributed by atoms with Gasteiger partial charge in [-0.05, 0) is 30.5 Å². The summed E-state index contributed by atoms with van der Waals surface area (Å²) in [5, 5.41) is 10.3. The molecule has 2 aromatic rings. The number of hydrogen-bond acceptors (Lipinski definition) is 6. The maximum atomic E-state index is 12.1. The fourth-order valence-corrected chi connectivity index (χ4v) is 3.53. The Balaban J connectivity index is 1.40. The first-order valence-electron chi connectivity index (χ1n) is 8.98. The molecule has 1 aliphatic rings. The van der Waals surface area contributed by atoms with Crippen LogP contribution in [-0.4, -0.2) is 42.4 Å². The van der Waals surface area contributed by atoms with Crippen molar-refractivity contribution in [3.8, 4) is 5.75 Å². The number of thiazole rings is 1. The van der Waals surface area contributed by atoms with Crippen LogP contribution < -0.4 is 20.7 Å². The van der Waals surface area contributed by atoms with E-state index < -0.39 is 6.04 Å². The second kappa shape index (κ2) is 9.32. The van der Waals surface area contributed by atoms with Gasteiger partial charge >= 0.3 is 0 Å². The molecule has 3 amide bonds. The molecule has 9 heteroatoms. The quantitative estimate of drug-likeness (QED) is 0.616. The van der Waals surface area contributed by atoms with E-state index in [2.05, 4.69) is 20.9 Å². The maximum Gasteiger partial charge on any atom is 0.248 e. The van der Waals surface area contributed by atoms with Crippen molar-refractivity contribution in [1.82, 2.24) is 15.6 Å². The van der Waals surface area contributed by atoms with Gasteiger partial charge in [0.1, 0.15) is 11.8 Å². The van der Waals surface area contributed by atoms with E-state index in [4.69, 9.17) is 4.74 Å². The van der Waals surface area contributed by atoms with Gasteiger partial charge in [-0.25, -0.2) is 4.98 Å². The molecule has 3 N–H and O–H groups in total. The topological polar surface area (TPSA) is 109 Å². The normalized spacial score (nSPS) is 15.8. The zero-order chi connectivity index (χ0) is 19.9. The fourth-order valence-electron chi connectivity index (χ4n) is 2.81. The summed E-state index contributed by atoms with van der Waals surface area (Å²) in [4.78, 5) is 39.6. The van der Waals surface area contributed by atoms with Gasteiger partial charge in [0.2, 0.25) is 17.7 Å². The minimum absolute atomic E-state index is 0.119. The van der Waals surface area contributed by atoms with Gasteiger partial charge in [-0.3, -0.25) is 14.4 Å². The van der Waals surface area contributed by atoms with Gasteiger partial charge in [0, 0.05) is 18.3 Å². The van der Waals surface area contributed by atoms with Crippen LogP contribution in [-0.2, 0) is 27.2 Å². The lowest BCUT2D eigenvalue weighted by atomic mass is 10.1. The number of carbonyl (C=O) groups excluding carboxylic acids is 3. The number of benzene rings is 1. The van der Waals surface area contributed by atoms with Gasteiger partial charge in [-0.15, -0.1) is 11.3 Å². The number of anilines is 1. The van der Waals surface area contributed by atoms with E-state index in [0.717, 1.165) is 17.7 Å². The number of amides is 3. The Labute approximate surface area is 166 Å². The van der Waals surface area contributed by atoms with Crippen LogP contribution in [0.15, 0.2) is 29.6 Å². The van der Waals surface area contributed by atoms with E-state index in [1.807, 2.05) is 24.3 Å². The molecule has 0 radical (unpaired) electrons. The van der Waals surface area contributed by atoms with Crippen molar-refractivity contribution in [3.05, 3.63) is 40.9 Å². The minimum atomic E-state index is -0.513. The maximum absolute atomic E-state index is 12.1. The second-order valence-corrected chi connectivity index (χ2v) is 7.27. The van der Waals surface area contributed by atoms with Crippen LogP contribution in [0.3, 0.4) is 0 Å². The summed E-state index contributed by atoms with van der Waals surface area (Å²) in [6, 6.07) is 7.19. The van der Waals surface area contributed by atoms with Crippen molar-refractivity contribution < 1.29 is 19.1 Å². The fraction of sp³-hybridized carbons (Fsp3) is 0.368. The molecule has 2 heterocycles. The highest BCUT2D eigenvalue weighted by Crippen LogP contribution is 2.17. The molecule has 1 fully saturated rings. The van der Waals surface area contributed by atoms with Crippen molar-refractivity contribution >= 4 is 34.2 Å². The van der Waals surface area contributed by atoms with Crippen LogP contribution in [0, 0.1) is 0 Å². The number of ether oxygens (including phenoxy) is 1. The van der Waals surface area contributed by atoms with E-state index in [0.29, 0.717) is 30.2 Å². The van der Waals surface area contributed by atoms with Crippen LogP contribution in [0.5, 0.6) is 5.75 Å². The van der Waals surface area contributed by atoms with Gasteiger partial charge in [-0.2, -0.15) is 0 Å². The van der Waals surface area contributed by atoms with Crippen LogP contribution in [0.25, 0.3) is 0 Å². The van der Waals surface area contributed by atoms with Crippen molar-refractivity contribution in [2.45, 2.75) is 31.7 Å². The van der Waals surface area contributed by atoms with Crippen molar-refractivity contribution in [2.75, 3.05) is 19.0 Å². The first-order valence-corrected chi connectivity index (χ1v) is 9.85. The summed E-state index contributed by atoms with van der Waals surface area (Å²) in [6.07, 6.45) is 1.72. The first-order chi connectivity index (χ1) is 13.5. The smallest absolute Gasteiger partial charge is 0.248 e. The number of nitrogens with zero attached hydrogens (tertiary/aromatic N) is 1. The van der Waals surface area contributed by atoms with Gasteiger partial charge < -0.3 is 20.7 Å². The summed E-state index contributed by atoms with van der Waals surface area (Å²) in [6.45, 7) is 0.528. The SMILES string of the molecule is COc1ccc(CCNC(=O)Cc2csc(NC(=O)C3CCC(=O)N3)n2)cc1. The molecular formula is C19H22N4O4S. The predicted octanol–water partition coefficient (Wildman–Crippen LogP) is 1.27. The average molecular weight is 402 g/mol. The van der Waals surface area contributed by atoms with E-state index >= 15 is 0 Å². The van der Waals surface area contributed by atoms with Crippen LogP contribution in [0.1, 0.15) is 24.1 Å². The Kier molecular flexibility index (Phi) is 6.59. The van der Waals surface area contributed by atoms with E-state index in [9.17, 15) is 14.4 Å². The van der Waals surface area contributed by atoms with Crippen LogP contribution >= 0.6 is 11.3 Å². The highest BCUT2D eigenvalue weighted by molar-refractivity contribution is 7.13. The number of nitrogens with one attached hydrogen (secondary N) is 3. The minimum Gasteiger partial charge on any atom is -0.497 e. The van der Waals surface area contributed by atoms with E-state index in [-0.39, 0.29) is 24.1 Å². The number of methoxy groups -OCH3 is 1. The summed E-state index contributed by atoms with van der Waals surface area (Å²) in [5.41, 5.74) is 1.71. The van der Waals surface area contributed by atoms with Gasteiger partial charge in [0.15, 0.2) is 5.13 Å². The molecule has 0 saturated carbocycles. The molecule has 1 aromatic carbocycles. The number of aromatic nitrogens is 1. The molecule has 1 aromatic heterocycles. The molecule has 1 unspecified atom stereocenters. The lowest BCUT2D eigenvalue weighted by Crippen LogP contribution is -2.37. The lowest BCUT2D eigenvalue weighted by Gasteiger charge is -2.08. The van der Waals surface area contributed by atoms with E-state index in [1.165, 1.54) is 11.3 Å². The van der Waals surface area contributed by atoms with Gasteiger partial charge in [-0.1, -0.05) is 12.1 Å². The van der Waals surface area contributed by atoms with Crippen molar-refractivity contribution in [1.29, 1.82) is 0 Å². The van der Waals surface area contributed by atoms with Crippen molar-refractivity contribution in [3.63, 3.8) is 0 Å². The third-order valence-corrected chi connectivity index (χ3v) is 5.14. The summed E-state index contributed by atoms with van der Waals surface area (Å²) >= 11 is 1.26. The molecule has 8 nitrogen and oxygen atoms in total. The highest BCUT2D eigenvalue weighted by atomic mass is 32.1. The Morgan fingerprint density at radius 2 is 2.11 bits per heavy atom. The van der Waals surface area contributed by atoms with Crippen molar-refractivity contribution in [2.24, 2.45) is 0 Å². The standard InChI is InChI=1S/C19H22N4O4S/c1-27-14-4-2-12(3-5-14)8-9-20-17(25)10-13-11-28-19(21-13)23-18(26)15-6-7-16(24)22-15/h2-5,11,15H,6-10H2,1H3,(H,20,25)(H,22,24)(H,21,23,26). The summed E-state index contributed by atoms with van der Waals surface area (Å²) in [7, 11) is 1.62. The first kappa shape index (κ1) is 19.8. The number of hydrogen-bond donors (Lipinski definition) is 3.